The van der Waals surface area contributed by atoms with E-state index in [2.05, 4.69) is 17.4 Å². The molecule has 0 spiro atoms. The molecule has 0 amide bonds. The van der Waals surface area contributed by atoms with E-state index in [-0.39, 0.29) is 6.04 Å². The van der Waals surface area contributed by atoms with Gasteiger partial charge in [-0.3, -0.25) is 0 Å². The Bertz CT molecular complexity index is 685. The number of ether oxygens (including phenoxy) is 1. The lowest BCUT2D eigenvalue weighted by atomic mass is 10.1. The summed E-state index contributed by atoms with van der Waals surface area (Å²) in [5, 5.41) is 5.10. The minimum absolute atomic E-state index is 0.284. The molecule has 1 aliphatic rings. The van der Waals surface area contributed by atoms with Crippen LogP contribution in [0.5, 0.6) is 5.75 Å². The molecule has 2 aromatic rings. The van der Waals surface area contributed by atoms with Gasteiger partial charge in [0.2, 0.25) is 0 Å². The first-order chi connectivity index (χ1) is 10.1. The highest BCUT2D eigenvalue weighted by Crippen LogP contribution is 2.38. The van der Waals surface area contributed by atoms with Gasteiger partial charge in [0.05, 0.1) is 18.8 Å². The quantitative estimate of drug-likeness (QED) is 0.816. The number of fused-ring (bicyclic) bond motifs is 1. The second kappa shape index (κ2) is 5.78. The van der Waals surface area contributed by atoms with Gasteiger partial charge in [-0.15, -0.1) is 0 Å². The van der Waals surface area contributed by atoms with E-state index in [4.69, 9.17) is 27.9 Å². The highest BCUT2D eigenvalue weighted by atomic mass is 35.5. The normalized spacial score (nSPS) is 16.7. The van der Waals surface area contributed by atoms with Crippen molar-refractivity contribution in [2.45, 2.75) is 25.8 Å². The van der Waals surface area contributed by atoms with Crippen LogP contribution < -0.4 is 10.1 Å². The van der Waals surface area contributed by atoms with E-state index in [1.54, 1.807) is 7.11 Å². The molecule has 0 heterocycles. The fourth-order valence-corrected chi connectivity index (χ4v) is 3.22. The van der Waals surface area contributed by atoms with Gasteiger partial charge in [0.15, 0.2) is 0 Å². The standard InChI is InChI=1S/C17H17Cl2NO/c1-10-7-16(17(21-2)9-14(10)19)20-15-6-3-11-8-12(18)4-5-13(11)15/h4-5,7-9,15,20H,3,6H2,1-2H3. The van der Waals surface area contributed by atoms with Crippen LogP contribution in [0.4, 0.5) is 5.69 Å². The second-order valence-electron chi connectivity index (χ2n) is 5.38. The summed E-state index contributed by atoms with van der Waals surface area (Å²) in [7, 11) is 1.66. The summed E-state index contributed by atoms with van der Waals surface area (Å²) in [6, 6.07) is 10.3. The molecule has 0 aromatic heterocycles. The highest BCUT2D eigenvalue weighted by Gasteiger charge is 2.23. The predicted molar refractivity (Wildman–Crippen MR) is 88.9 cm³/mol. The van der Waals surface area contributed by atoms with Crippen molar-refractivity contribution in [2.24, 2.45) is 0 Å². The average molecular weight is 322 g/mol. The van der Waals surface area contributed by atoms with Crippen molar-refractivity contribution in [3.63, 3.8) is 0 Å². The molecule has 110 valence electrons. The summed E-state index contributed by atoms with van der Waals surface area (Å²) in [6.45, 7) is 2.00. The van der Waals surface area contributed by atoms with E-state index < -0.39 is 0 Å². The number of hydrogen-bond acceptors (Lipinski definition) is 2. The molecule has 1 aliphatic carbocycles. The Labute approximate surface area is 135 Å². The van der Waals surface area contributed by atoms with Crippen LogP contribution in [-0.2, 0) is 6.42 Å². The summed E-state index contributed by atoms with van der Waals surface area (Å²) < 4.78 is 5.43. The van der Waals surface area contributed by atoms with Crippen molar-refractivity contribution < 1.29 is 4.74 Å². The van der Waals surface area contributed by atoms with Gasteiger partial charge in [-0.25, -0.2) is 0 Å². The maximum atomic E-state index is 6.16. The van der Waals surface area contributed by atoms with Crippen LogP contribution in [0.2, 0.25) is 10.0 Å². The number of hydrogen-bond donors (Lipinski definition) is 1. The summed E-state index contributed by atoms with van der Waals surface area (Å²) >= 11 is 12.2. The SMILES string of the molecule is COc1cc(Cl)c(C)cc1NC1CCc2cc(Cl)ccc21. The molecule has 0 saturated heterocycles. The number of methoxy groups -OCH3 is 1. The largest absolute Gasteiger partial charge is 0.495 e. The molecule has 0 aliphatic heterocycles. The molecule has 1 unspecified atom stereocenters. The van der Waals surface area contributed by atoms with Crippen molar-refractivity contribution >= 4 is 28.9 Å². The molecule has 2 nitrogen and oxygen atoms in total. The first-order valence-electron chi connectivity index (χ1n) is 6.97. The van der Waals surface area contributed by atoms with E-state index in [9.17, 15) is 0 Å². The van der Waals surface area contributed by atoms with Crippen LogP contribution in [0.1, 0.15) is 29.2 Å². The molecule has 0 bridgehead atoms. The Morgan fingerprint density at radius 1 is 1.19 bits per heavy atom. The first-order valence-corrected chi connectivity index (χ1v) is 7.73. The molecule has 0 radical (unpaired) electrons. The summed E-state index contributed by atoms with van der Waals surface area (Å²) in [5.74, 6) is 0.771. The number of nitrogens with one attached hydrogen (secondary N) is 1. The first kappa shape index (κ1) is 14.6. The van der Waals surface area contributed by atoms with Gasteiger partial charge in [-0.1, -0.05) is 29.3 Å². The molecule has 21 heavy (non-hydrogen) atoms. The van der Waals surface area contributed by atoms with Gasteiger partial charge in [-0.2, -0.15) is 0 Å². The Kier molecular flexibility index (Phi) is 4.01. The van der Waals surface area contributed by atoms with E-state index in [1.165, 1.54) is 11.1 Å². The highest BCUT2D eigenvalue weighted by molar-refractivity contribution is 6.31. The number of benzene rings is 2. The van der Waals surface area contributed by atoms with E-state index >= 15 is 0 Å². The fourth-order valence-electron chi connectivity index (χ4n) is 2.87. The van der Waals surface area contributed by atoms with Crippen LogP contribution >= 0.6 is 23.2 Å². The molecule has 3 rings (SSSR count). The third-order valence-corrected chi connectivity index (χ3v) is 4.64. The lowest BCUT2D eigenvalue weighted by Crippen LogP contribution is -2.08. The summed E-state index contributed by atoms with van der Waals surface area (Å²) in [6.07, 6.45) is 2.10. The van der Waals surface area contributed by atoms with Gasteiger partial charge >= 0.3 is 0 Å². The topological polar surface area (TPSA) is 21.3 Å². The Hall–Kier alpha value is -1.38. The van der Waals surface area contributed by atoms with Crippen LogP contribution in [-0.4, -0.2) is 7.11 Å². The van der Waals surface area contributed by atoms with Crippen molar-refractivity contribution in [3.05, 3.63) is 57.1 Å². The Morgan fingerprint density at radius 3 is 2.76 bits per heavy atom. The molecular formula is C17H17Cl2NO. The van der Waals surface area contributed by atoms with E-state index in [0.29, 0.717) is 0 Å². The van der Waals surface area contributed by atoms with Gasteiger partial charge < -0.3 is 10.1 Å². The Balaban J connectivity index is 1.91. The lowest BCUT2D eigenvalue weighted by Gasteiger charge is -2.19. The maximum Gasteiger partial charge on any atom is 0.143 e. The average Bonchev–Trinajstić information content (AvgIpc) is 2.84. The molecule has 1 N–H and O–H groups in total. The number of halogens is 2. The zero-order valence-corrected chi connectivity index (χ0v) is 13.6. The third kappa shape index (κ3) is 2.83. The Morgan fingerprint density at radius 2 is 2.00 bits per heavy atom. The monoisotopic (exact) mass is 321 g/mol. The van der Waals surface area contributed by atoms with Crippen molar-refractivity contribution in [1.82, 2.24) is 0 Å². The molecular weight excluding hydrogens is 305 g/mol. The molecule has 1 atom stereocenters. The van der Waals surface area contributed by atoms with Crippen molar-refractivity contribution in [2.75, 3.05) is 12.4 Å². The third-order valence-electron chi connectivity index (χ3n) is 3.99. The number of anilines is 1. The maximum absolute atomic E-state index is 6.16. The smallest absolute Gasteiger partial charge is 0.143 e. The van der Waals surface area contributed by atoms with Gasteiger partial charge in [-0.05, 0) is 54.7 Å². The minimum Gasteiger partial charge on any atom is -0.495 e. The molecule has 0 fully saturated rings. The van der Waals surface area contributed by atoms with Crippen molar-refractivity contribution in [3.8, 4) is 5.75 Å². The van der Waals surface area contributed by atoms with E-state index in [1.807, 2.05) is 25.1 Å². The van der Waals surface area contributed by atoms with Gasteiger partial charge in [0, 0.05) is 16.1 Å². The number of aryl methyl sites for hydroxylation is 2. The molecule has 4 heteroatoms. The summed E-state index contributed by atoms with van der Waals surface area (Å²) in [5.41, 5.74) is 4.65. The second-order valence-corrected chi connectivity index (χ2v) is 6.22. The van der Waals surface area contributed by atoms with E-state index in [0.717, 1.165) is 39.9 Å². The van der Waals surface area contributed by atoms with Crippen LogP contribution in [0.3, 0.4) is 0 Å². The van der Waals surface area contributed by atoms with Crippen molar-refractivity contribution in [1.29, 1.82) is 0 Å². The van der Waals surface area contributed by atoms with Crippen LogP contribution in [0, 0.1) is 6.92 Å². The predicted octanol–water partition coefficient (Wildman–Crippen LogP) is 5.41. The van der Waals surface area contributed by atoms with Crippen LogP contribution in [0.15, 0.2) is 30.3 Å². The molecule has 0 saturated carbocycles. The van der Waals surface area contributed by atoms with Crippen LogP contribution in [0.25, 0.3) is 0 Å². The van der Waals surface area contributed by atoms with Gasteiger partial charge in [0.25, 0.3) is 0 Å². The summed E-state index contributed by atoms with van der Waals surface area (Å²) in [4.78, 5) is 0. The lowest BCUT2D eigenvalue weighted by molar-refractivity contribution is 0.416. The molecule has 2 aromatic carbocycles. The minimum atomic E-state index is 0.284. The number of rotatable bonds is 3. The zero-order valence-electron chi connectivity index (χ0n) is 12.0. The zero-order chi connectivity index (χ0) is 15.0. The fraction of sp³-hybridized carbons (Fsp3) is 0.294. The van der Waals surface area contributed by atoms with Gasteiger partial charge in [0.1, 0.15) is 5.75 Å².